The Morgan fingerprint density at radius 2 is 1.85 bits per heavy atom. The summed E-state index contributed by atoms with van der Waals surface area (Å²) in [6.07, 6.45) is 0.690. The first-order valence-corrected chi connectivity index (χ1v) is 8.61. The van der Waals surface area contributed by atoms with Crippen molar-refractivity contribution in [1.29, 1.82) is 0 Å². The van der Waals surface area contributed by atoms with Gasteiger partial charge in [-0.3, -0.25) is 9.59 Å². The van der Waals surface area contributed by atoms with Gasteiger partial charge in [0.15, 0.2) is 0 Å². The maximum Gasteiger partial charge on any atom is 0.272 e. The minimum Gasteiger partial charge on any atom is -0.351 e. The van der Waals surface area contributed by atoms with Gasteiger partial charge in [-0.1, -0.05) is 31.2 Å². The summed E-state index contributed by atoms with van der Waals surface area (Å²) in [5.41, 5.74) is 4.49. The fourth-order valence-electron chi connectivity index (χ4n) is 3.40. The molecule has 0 spiro atoms. The lowest BCUT2D eigenvalue weighted by atomic mass is 10.0. The first kappa shape index (κ1) is 16.1. The van der Waals surface area contributed by atoms with Gasteiger partial charge in [-0.2, -0.15) is 0 Å². The molecule has 3 N–H and O–H groups in total. The van der Waals surface area contributed by atoms with Crippen molar-refractivity contribution in [2.75, 3.05) is 5.32 Å². The maximum absolute atomic E-state index is 12.5. The number of fused-ring (bicyclic) bond motifs is 2. The summed E-state index contributed by atoms with van der Waals surface area (Å²) in [6.45, 7) is 3.93. The lowest BCUT2D eigenvalue weighted by Crippen LogP contribution is -2.15. The number of aromatic nitrogens is 2. The lowest BCUT2D eigenvalue weighted by molar-refractivity contribution is 0.102. The second-order valence-electron chi connectivity index (χ2n) is 6.40. The highest BCUT2D eigenvalue weighted by Gasteiger charge is 2.12. The first-order chi connectivity index (χ1) is 12.6. The predicted molar refractivity (Wildman–Crippen MR) is 105 cm³/mol. The molecule has 1 amide bonds. The predicted octanol–water partition coefficient (Wildman–Crippen LogP) is 4.13. The van der Waals surface area contributed by atoms with Gasteiger partial charge in [-0.05, 0) is 43.2 Å². The van der Waals surface area contributed by atoms with Gasteiger partial charge in [0.2, 0.25) is 0 Å². The van der Waals surface area contributed by atoms with E-state index in [9.17, 15) is 9.59 Å². The number of rotatable bonds is 3. The molecule has 0 saturated heterocycles. The number of carbonyl (C=O) groups excluding carboxylic acids is 1. The van der Waals surface area contributed by atoms with Crippen molar-refractivity contribution in [3.63, 3.8) is 0 Å². The van der Waals surface area contributed by atoms with Crippen molar-refractivity contribution in [3.8, 4) is 0 Å². The average molecular weight is 345 g/mol. The number of aromatic amines is 2. The van der Waals surface area contributed by atoms with Crippen LogP contribution in [0.2, 0.25) is 0 Å². The van der Waals surface area contributed by atoms with E-state index >= 15 is 0 Å². The summed E-state index contributed by atoms with van der Waals surface area (Å²) < 4.78 is 0. The van der Waals surface area contributed by atoms with Gasteiger partial charge in [0, 0.05) is 27.5 Å². The van der Waals surface area contributed by atoms with Crippen molar-refractivity contribution in [1.82, 2.24) is 9.97 Å². The Morgan fingerprint density at radius 1 is 1.04 bits per heavy atom. The molecule has 0 aliphatic carbocycles. The molecule has 0 aliphatic rings. The molecule has 5 heteroatoms. The van der Waals surface area contributed by atoms with Crippen LogP contribution in [0, 0.1) is 6.92 Å². The normalized spacial score (nSPS) is 11.2. The fraction of sp³-hybridized carbons (Fsp3) is 0.143. The van der Waals surface area contributed by atoms with Crippen LogP contribution in [0.5, 0.6) is 0 Å². The molecule has 2 aromatic heterocycles. The van der Waals surface area contributed by atoms with Gasteiger partial charge in [0.25, 0.3) is 11.5 Å². The molecule has 2 heterocycles. The molecule has 26 heavy (non-hydrogen) atoms. The van der Waals surface area contributed by atoms with Crippen LogP contribution in [0.4, 0.5) is 5.69 Å². The Balaban J connectivity index is 1.68. The van der Waals surface area contributed by atoms with E-state index in [-0.39, 0.29) is 11.5 Å². The first-order valence-electron chi connectivity index (χ1n) is 8.61. The Morgan fingerprint density at radius 3 is 2.62 bits per heavy atom. The summed E-state index contributed by atoms with van der Waals surface area (Å²) in [5, 5.41) is 4.87. The number of aryl methyl sites for hydroxylation is 1. The molecule has 0 bridgehead atoms. The largest absolute Gasteiger partial charge is 0.351 e. The zero-order valence-corrected chi connectivity index (χ0v) is 14.6. The highest BCUT2D eigenvalue weighted by atomic mass is 16.2. The van der Waals surface area contributed by atoms with E-state index in [1.807, 2.05) is 56.3 Å². The van der Waals surface area contributed by atoms with Crippen LogP contribution >= 0.6 is 0 Å². The monoisotopic (exact) mass is 345 g/mol. The third-order valence-electron chi connectivity index (χ3n) is 4.78. The molecule has 0 unspecified atom stereocenters. The average Bonchev–Trinajstić information content (AvgIpc) is 3.06. The van der Waals surface area contributed by atoms with E-state index in [2.05, 4.69) is 15.3 Å². The van der Waals surface area contributed by atoms with Crippen molar-refractivity contribution < 1.29 is 4.79 Å². The number of anilines is 1. The number of H-pyrrole nitrogens is 2. The van der Waals surface area contributed by atoms with E-state index < -0.39 is 0 Å². The molecular weight excluding hydrogens is 326 g/mol. The number of benzene rings is 2. The molecule has 4 rings (SSSR count). The van der Waals surface area contributed by atoms with E-state index in [0.717, 1.165) is 32.9 Å². The fourth-order valence-corrected chi connectivity index (χ4v) is 3.40. The smallest absolute Gasteiger partial charge is 0.272 e. The molecule has 0 fully saturated rings. The summed E-state index contributed by atoms with van der Waals surface area (Å²) >= 11 is 0. The second kappa shape index (κ2) is 6.19. The van der Waals surface area contributed by atoms with Gasteiger partial charge < -0.3 is 15.3 Å². The zero-order chi connectivity index (χ0) is 18.3. The molecule has 5 nitrogen and oxygen atoms in total. The van der Waals surface area contributed by atoms with Gasteiger partial charge in [0.1, 0.15) is 5.69 Å². The highest BCUT2D eigenvalue weighted by Crippen LogP contribution is 2.22. The summed E-state index contributed by atoms with van der Waals surface area (Å²) in [4.78, 5) is 30.8. The van der Waals surface area contributed by atoms with Crippen LogP contribution in [0.1, 0.15) is 28.5 Å². The summed E-state index contributed by atoms with van der Waals surface area (Å²) in [6, 6.07) is 15.2. The van der Waals surface area contributed by atoms with Crippen molar-refractivity contribution in [3.05, 3.63) is 75.7 Å². The SMILES string of the molecule is CCc1c(C)c2ccc(NC(=O)c3cc4ccccc4[nH]3)cc2[nH]c1=O. The minimum absolute atomic E-state index is 0.0726. The van der Waals surface area contributed by atoms with Crippen molar-refractivity contribution in [2.45, 2.75) is 20.3 Å². The van der Waals surface area contributed by atoms with E-state index in [0.29, 0.717) is 17.8 Å². The Hall–Kier alpha value is -3.34. The van der Waals surface area contributed by atoms with Gasteiger partial charge >= 0.3 is 0 Å². The molecule has 4 aromatic rings. The summed E-state index contributed by atoms with van der Waals surface area (Å²) in [5.74, 6) is -0.218. The third kappa shape index (κ3) is 2.67. The number of hydrogen-bond acceptors (Lipinski definition) is 2. The number of hydrogen-bond donors (Lipinski definition) is 3. The van der Waals surface area contributed by atoms with E-state index in [1.165, 1.54) is 0 Å². The van der Waals surface area contributed by atoms with Crippen LogP contribution in [0.25, 0.3) is 21.8 Å². The molecule has 2 aromatic carbocycles. The maximum atomic E-state index is 12.5. The van der Waals surface area contributed by atoms with Crippen LogP contribution in [0.3, 0.4) is 0 Å². The number of nitrogens with one attached hydrogen (secondary N) is 3. The number of amides is 1. The van der Waals surface area contributed by atoms with Gasteiger partial charge in [-0.15, -0.1) is 0 Å². The number of para-hydroxylation sites is 1. The highest BCUT2D eigenvalue weighted by molar-refractivity contribution is 6.06. The summed E-state index contributed by atoms with van der Waals surface area (Å²) in [7, 11) is 0. The number of carbonyl (C=O) groups is 1. The second-order valence-corrected chi connectivity index (χ2v) is 6.40. The van der Waals surface area contributed by atoms with Crippen molar-refractivity contribution in [2.24, 2.45) is 0 Å². The molecule has 0 aliphatic heterocycles. The van der Waals surface area contributed by atoms with E-state index in [4.69, 9.17) is 0 Å². The molecular formula is C21H19N3O2. The standard InChI is InChI=1S/C21H19N3O2/c1-3-15-12(2)16-9-8-14(11-18(16)24-20(15)25)22-21(26)19-10-13-6-4-5-7-17(13)23-19/h4-11,23H,3H2,1-2H3,(H,22,26)(H,24,25). The Kier molecular flexibility index (Phi) is 3.84. The van der Waals surface area contributed by atoms with Crippen molar-refractivity contribution >= 4 is 33.4 Å². The number of pyridine rings is 1. The van der Waals surface area contributed by atoms with Gasteiger partial charge in [-0.25, -0.2) is 0 Å². The zero-order valence-electron chi connectivity index (χ0n) is 14.6. The van der Waals surface area contributed by atoms with Gasteiger partial charge in [0.05, 0.1) is 5.52 Å². The Bertz CT molecular complexity index is 1170. The molecule has 0 saturated carbocycles. The third-order valence-corrected chi connectivity index (χ3v) is 4.78. The van der Waals surface area contributed by atoms with Crippen LogP contribution in [-0.4, -0.2) is 15.9 Å². The Labute approximate surface area is 150 Å². The lowest BCUT2D eigenvalue weighted by Gasteiger charge is -2.09. The molecule has 0 atom stereocenters. The van der Waals surface area contributed by atoms with Crippen LogP contribution < -0.4 is 10.9 Å². The van der Waals surface area contributed by atoms with Crippen LogP contribution in [0.15, 0.2) is 53.3 Å². The quantitative estimate of drug-likeness (QED) is 0.522. The topological polar surface area (TPSA) is 77.8 Å². The van der Waals surface area contributed by atoms with E-state index in [1.54, 1.807) is 6.07 Å². The molecule has 130 valence electrons. The minimum atomic E-state index is -0.218. The molecule has 0 radical (unpaired) electrons. The van der Waals surface area contributed by atoms with Crippen LogP contribution in [-0.2, 0) is 6.42 Å².